The van der Waals surface area contributed by atoms with Gasteiger partial charge in [-0.3, -0.25) is 14.8 Å². The second-order valence-corrected chi connectivity index (χ2v) is 5.98. The Bertz CT molecular complexity index is 420. The van der Waals surface area contributed by atoms with Crippen molar-refractivity contribution >= 4 is 21.9 Å². The van der Waals surface area contributed by atoms with E-state index < -0.39 is 11.5 Å². The van der Waals surface area contributed by atoms with E-state index in [1.165, 1.54) is 0 Å². The van der Waals surface area contributed by atoms with Crippen LogP contribution in [-0.4, -0.2) is 32.4 Å². The third-order valence-corrected chi connectivity index (χ3v) is 3.58. The maximum absolute atomic E-state index is 11.5. The van der Waals surface area contributed by atoms with Crippen molar-refractivity contribution in [2.24, 2.45) is 0 Å². The minimum Gasteiger partial charge on any atom is -0.480 e. The zero-order valence-corrected chi connectivity index (χ0v) is 13.3. The molecule has 0 spiro atoms. The molecule has 1 heterocycles. The summed E-state index contributed by atoms with van der Waals surface area (Å²) in [6.45, 7) is 6.57. The fourth-order valence-corrected chi connectivity index (χ4v) is 2.55. The second kappa shape index (κ2) is 7.05. The van der Waals surface area contributed by atoms with E-state index in [4.69, 9.17) is 0 Å². The van der Waals surface area contributed by atoms with Gasteiger partial charge < -0.3 is 5.11 Å². The zero-order valence-electron chi connectivity index (χ0n) is 11.7. The lowest BCUT2D eigenvalue weighted by atomic mass is 9.89. The Morgan fingerprint density at radius 3 is 2.74 bits per heavy atom. The molecule has 0 saturated carbocycles. The van der Waals surface area contributed by atoms with Crippen molar-refractivity contribution in [3.63, 3.8) is 0 Å². The fraction of sp³-hybridized carbons (Fsp3) is 0.692. The fourth-order valence-electron chi connectivity index (χ4n) is 2.23. The van der Waals surface area contributed by atoms with Crippen molar-refractivity contribution in [2.75, 3.05) is 0 Å². The molecule has 5 nitrogen and oxygen atoms in total. The van der Waals surface area contributed by atoms with Gasteiger partial charge in [-0.2, -0.15) is 5.10 Å². The van der Waals surface area contributed by atoms with Gasteiger partial charge in [0.15, 0.2) is 0 Å². The van der Waals surface area contributed by atoms with Crippen molar-refractivity contribution in [1.82, 2.24) is 15.1 Å². The lowest BCUT2D eigenvalue weighted by molar-refractivity contribution is -0.145. The van der Waals surface area contributed by atoms with E-state index in [2.05, 4.69) is 26.3 Å². The van der Waals surface area contributed by atoms with E-state index in [0.717, 1.165) is 17.4 Å². The number of nitrogens with one attached hydrogen (secondary N) is 1. The Morgan fingerprint density at radius 2 is 2.32 bits per heavy atom. The van der Waals surface area contributed by atoms with E-state index in [-0.39, 0.29) is 6.04 Å². The molecular formula is C13H22BrN3O2. The first-order chi connectivity index (χ1) is 8.89. The molecule has 1 aromatic heterocycles. The van der Waals surface area contributed by atoms with Crippen molar-refractivity contribution in [1.29, 1.82) is 0 Å². The van der Waals surface area contributed by atoms with E-state index in [1.807, 2.05) is 31.6 Å². The molecule has 0 amide bonds. The predicted octanol–water partition coefficient (Wildman–Crippen LogP) is 2.66. The van der Waals surface area contributed by atoms with Gasteiger partial charge in [-0.1, -0.05) is 6.92 Å². The first-order valence-corrected chi connectivity index (χ1v) is 7.38. The highest BCUT2D eigenvalue weighted by Crippen LogP contribution is 2.20. The number of aliphatic carboxylic acids is 1. The summed E-state index contributed by atoms with van der Waals surface area (Å²) < 4.78 is 2.76. The van der Waals surface area contributed by atoms with Gasteiger partial charge in [0.05, 0.1) is 10.7 Å². The number of nitrogens with zero attached hydrogens (tertiary/aromatic N) is 2. The van der Waals surface area contributed by atoms with Gasteiger partial charge in [0.1, 0.15) is 5.54 Å². The first kappa shape index (κ1) is 16.2. The van der Waals surface area contributed by atoms with Gasteiger partial charge in [0.2, 0.25) is 0 Å². The largest absolute Gasteiger partial charge is 0.480 e. The Morgan fingerprint density at radius 1 is 1.63 bits per heavy atom. The van der Waals surface area contributed by atoms with Crippen molar-refractivity contribution < 1.29 is 9.90 Å². The molecule has 0 radical (unpaired) electrons. The van der Waals surface area contributed by atoms with Gasteiger partial charge >= 0.3 is 5.97 Å². The van der Waals surface area contributed by atoms with Crippen LogP contribution in [0.2, 0.25) is 0 Å². The summed E-state index contributed by atoms with van der Waals surface area (Å²) in [6.07, 6.45) is 5.56. The number of halogens is 1. The summed E-state index contributed by atoms with van der Waals surface area (Å²) in [5.74, 6) is -0.773. The molecule has 2 N–H and O–H groups in total. The molecule has 108 valence electrons. The van der Waals surface area contributed by atoms with Gasteiger partial charge in [-0.25, -0.2) is 0 Å². The second-order valence-electron chi connectivity index (χ2n) is 5.07. The minimum absolute atomic E-state index is 0.148. The predicted molar refractivity (Wildman–Crippen MR) is 78.1 cm³/mol. The molecule has 1 rings (SSSR count). The highest BCUT2D eigenvalue weighted by atomic mass is 79.9. The molecule has 0 fully saturated rings. The Balaban J connectivity index is 2.60. The average Bonchev–Trinajstić information content (AvgIpc) is 2.73. The molecule has 1 unspecified atom stereocenters. The van der Waals surface area contributed by atoms with Crippen LogP contribution < -0.4 is 5.32 Å². The van der Waals surface area contributed by atoms with E-state index in [9.17, 15) is 9.90 Å². The smallest absolute Gasteiger partial charge is 0.323 e. The maximum Gasteiger partial charge on any atom is 0.323 e. The third-order valence-electron chi connectivity index (χ3n) is 3.17. The number of hydrogen-bond donors (Lipinski definition) is 2. The van der Waals surface area contributed by atoms with Crippen LogP contribution in [0.3, 0.4) is 0 Å². The van der Waals surface area contributed by atoms with Crippen LogP contribution in [0.15, 0.2) is 16.9 Å². The summed E-state index contributed by atoms with van der Waals surface area (Å²) in [6, 6.07) is 0.148. The van der Waals surface area contributed by atoms with Crippen LogP contribution >= 0.6 is 15.9 Å². The maximum atomic E-state index is 11.5. The molecule has 0 aliphatic carbocycles. The van der Waals surface area contributed by atoms with E-state index in [1.54, 1.807) is 6.20 Å². The third kappa shape index (κ3) is 4.62. The van der Waals surface area contributed by atoms with Crippen molar-refractivity contribution in [3.8, 4) is 0 Å². The van der Waals surface area contributed by atoms with Gasteiger partial charge in [-0.15, -0.1) is 0 Å². The lowest BCUT2D eigenvalue weighted by Gasteiger charge is -2.31. The molecule has 1 atom stereocenters. The number of carbonyl (C=O) groups is 1. The number of carboxylic acids is 1. The van der Waals surface area contributed by atoms with Crippen LogP contribution in [-0.2, 0) is 11.3 Å². The summed E-state index contributed by atoms with van der Waals surface area (Å²) >= 11 is 3.34. The van der Waals surface area contributed by atoms with Crippen LogP contribution in [0.4, 0.5) is 0 Å². The number of aryl methyl sites for hydroxylation is 1. The monoisotopic (exact) mass is 331 g/mol. The molecule has 19 heavy (non-hydrogen) atoms. The zero-order chi connectivity index (χ0) is 14.5. The van der Waals surface area contributed by atoms with Crippen LogP contribution in [0, 0.1) is 0 Å². The molecular weight excluding hydrogens is 310 g/mol. The van der Waals surface area contributed by atoms with Gasteiger partial charge in [0, 0.05) is 18.8 Å². The number of rotatable bonds is 8. The van der Waals surface area contributed by atoms with Crippen LogP contribution in [0.25, 0.3) is 0 Å². The standard InChI is InChI=1S/C13H22BrN3O2/c1-4-13(12(18)19,16-10(2)3)6-5-7-17-9-11(14)8-15-17/h8-10,16H,4-7H2,1-3H3,(H,18,19). The molecule has 6 heteroatoms. The molecule has 0 saturated heterocycles. The topological polar surface area (TPSA) is 67.2 Å². The van der Waals surface area contributed by atoms with Crippen LogP contribution in [0.5, 0.6) is 0 Å². The average molecular weight is 332 g/mol. The SMILES string of the molecule is CCC(CCCn1cc(Br)cn1)(NC(C)C)C(=O)O. The summed E-state index contributed by atoms with van der Waals surface area (Å²) in [4.78, 5) is 11.5. The Labute approximate surface area is 122 Å². The Hall–Kier alpha value is -0.880. The highest BCUT2D eigenvalue weighted by Gasteiger charge is 2.36. The molecule has 0 aliphatic rings. The molecule has 0 aromatic carbocycles. The summed E-state index contributed by atoms with van der Waals surface area (Å²) in [5.41, 5.74) is -0.835. The van der Waals surface area contributed by atoms with Gasteiger partial charge in [0.25, 0.3) is 0 Å². The molecule has 1 aromatic rings. The number of hydrogen-bond acceptors (Lipinski definition) is 3. The van der Waals surface area contributed by atoms with E-state index >= 15 is 0 Å². The highest BCUT2D eigenvalue weighted by molar-refractivity contribution is 9.10. The van der Waals surface area contributed by atoms with Crippen molar-refractivity contribution in [3.05, 3.63) is 16.9 Å². The minimum atomic E-state index is -0.835. The number of aromatic nitrogens is 2. The quantitative estimate of drug-likeness (QED) is 0.768. The Kier molecular flexibility index (Phi) is 6.00. The van der Waals surface area contributed by atoms with Crippen molar-refractivity contribution in [2.45, 2.75) is 58.2 Å². The van der Waals surface area contributed by atoms with Crippen LogP contribution in [0.1, 0.15) is 40.0 Å². The van der Waals surface area contributed by atoms with E-state index in [0.29, 0.717) is 12.8 Å². The molecule has 0 bridgehead atoms. The number of carboxylic acid groups (broad SMARTS) is 1. The molecule has 0 aliphatic heterocycles. The summed E-state index contributed by atoms with van der Waals surface area (Å²) in [5, 5.41) is 16.8. The lowest BCUT2D eigenvalue weighted by Crippen LogP contribution is -2.54. The first-order valence-electron chi connectivity index (χ1n) is 6.58. The normalized spacial score (nSPS) is 14.6. The van der Waals surface area contributed by atoms with Gasteiger partial charge in [-0.05, 0) is 49.0 Å². The summed E-state index contributed by atoms with van der Waals surface area (Å²) in [7, 11) is 0.